The Kier molecular flexibility index (Phi) is 2.80. The van der Waals surface area contributed by atoms with Gasteiger partial charge in [-0.1, -0.05) is 6.92 Å². The van der Waals surface area contributed by atoms with Crippen LogP contribution in [0.1, 0.15) is 59.3 Å². The molecule has 4 fully saturated rings. The molecule has 3 nitrogen and oxygen atoms in total. The fourth-order valence-corrected chi connectivity index (χ4v) is 5.48. The third kappa shape index (κ3) is 2.42. The first kappa shape index (κ1) is 13.4. The maximum Gasteiger partial charge on any atom is 0.226 e. The molecular weight excluding hydrogens is 236 g/mol. The van der Waals surface area contributed by atoms with Gasteiger partial charge in [-0.3, -0.25) is 4.79 Å². The van der Waals surface area contributed by atoms with Crippen LogP contribution in [-0.4, -0.2) is 18.0 Å². The summed E-state index contributed by atoms with van der Waals surface area (Å²) in [6, 6.07) is 0. The SMILES string of the molecule is CC(C)(N)CNC(=O)C12CC3CC(CC(C)(C3)C1)C2. The quantitative estimate of drug-likeness (QED) is 0.822. The molecule has 2 atom stereocenters. The van der Waals surface area contributed by atoms with Crippen LogP contribution >= 0.6 is 0 Å². The maximum atomic E-state index is 12.7. The van der Waals surface area contributed by atoms with E-state index in [-0.39, 0.29) is 16.9 Å². The van der Waals surface area contributed by atoms with Gasteiger partial charge in [-0.05, 0) is 69.6 Å². The van der Waals surface area contributed by atoms with E-state index in [4.69, 9.17) is 5.73 Å². The Morgan fingerprint density at radius 3 is 2.32 bits per heavy atom. The molecule has 0 aromatic heterocycles. The summed E-state index contributed by atoms with van der Waals surface area (Å²) in [5.74, 6) is 1.87. The van der Waals surface area contributed by atoms with Gasteiger partial charge in [0.25, 0.3) is 0 Å². The van der Waals surface area contributed by atoms with Crippen LogP contribution < -0.4 is 11.1 Å². The lowest BCUT2D eigenvalue weighted by Crippen LogP contribution is -2.58. The van der Waals surface area contributed by atoms with Gasteiger partial charge in [0.2, 0.25) is 5.91 Å². The maximum absolute atomic E-state index is 12.7. The van der Waals surface area contributed by atoms with Gasteiger partial charge in [0.1, 0.15) is 0 Å². The first-order valence-corrected chi connectivity index (χ1v) is 7.77. The molecule has 0 aromatic carbocycles. The lowest BCUT2D eigenvalue weighted by Gasteiger charge is -2.60. The molecule has 19 heavy (non-hydrogen) atoms. The molecule has 3 N–H and O–H groups in total. The molecular formula is C16H28N2O. The second kappa shape index (κ2) is 3.97. The van der Waals surface area contributed by atoms with E-state index < -0.39 is 0 Å². The Hall–Kier alpha value is -0.570. The van der Waals surface area contributed by atoms with Gasteiger partial charge in [-0.25, -0.2) is 0 Å². The highest BCUT2D eigenvalue weighted by Crippen LogP contribution is 2.65. The summed E-state index contributed by atoms with van der Waals surface area (Å²) in [6.45, 7) is 6.92. The van der Waals surface area contributed by atoms with E-state index in [1.54, 1.807) is 0 Å². The van der Waals surface area contributed by atoms with Crippen molar-refractivity contribution < 1.29 is 4.79 Å². The molecule has 2 unspecified atom stereocenters. The number of carbonyl (C=O) groups is 1. The van der Waals surface area contributed by atoms with Crippen molar-refractivity contribution in [2.24, 2.45) is 28.4 Å². The largest absolute Gasteiger partial charge is 0.354 e. The number of nitrogens with two attached hydrogens (primary N) is 1. The third-order valence-corrected chi connectivity index (χ3v) is 5.54. The lowest BCUT2D eigenvalue weighted by molar-refractivity contribution is -0.155. The van der Waals surface area contributed by atoms with E-state index in [9.17, 15) is 4.79 Å². The highest BCUT2D eigenvalue weighted by atomic mass is 16.2. The number of carbonyl (C=O) groups excluding carboxylic acids is 1. The second-order valence-electron chi connectivity index (χ2n) is 8.72. The fraction of sp³-hybridized carbons (Fsp3) is 0.938. The predicted octanol–water partition coefficient (Wildman–Crippen LogP) is 2.45. The van der Waals surface area contributed by atoms with Gasteiger partial charge in [-0.15, -0.1) is 0 Å². The summed E-state index contributed by atoms with van der Waals surface area (Å²) in [4.78, 5) is 12.7. The Morgan fingerprint density at radius 2 is 1.84 bits per heavy atom. The van der Waals surface area contributed by atoms with E-state index in [1.807, 2.05) is 13.8 Å². The van der Waals surface area contributed by atoms with Crippen molar-refractivity contribution in [3.8, 4) is 0 Å². The predicted molar refractivity (Wildman–Crippen MR) is 76.5 cm³/mol. The summed E-state index contributed by atoms with van der Waals surface area (Å²) >= 11 is 0. The van der Waals surface area contributed by atoms with Gasteiger partial charge in [0.15, 0.2) is 0 Å². The number of hydrogen-bond donors (Lipinski definition) is 2. The first-order valence-electron chi connectivity index (χ1n) is 7.77. The molecule has 1 amide bonds. The normalized spacial score (nSPS) is 44.4. The van der Waals surface area contributed by atoms with E-state index in [2.05, 4.69) is 12.2 Å². The van der Waals surface area contributed by atoms with Crippen LogP contribution in [0.3, 0.4) is 0 Å². The van der Waals surface area contributed by atoms with E-state index in [0.717, 1.165) is 31.1 Å². The van der Waals surface area contributed by atoms with E-state index in [1.165, 1.54) is 19.3 Å². The molecule has 4 aliphatic rings. The van der Waals surface area contributed by atoms with Crippen molar-refractivity contribution >= 4 is 5.91 Å². The molecule has 3 heteroatoms. The average molecular weight is 264 g/mol. The van der Waals surface area contributed by atoms with Crippen LogP contribution in [0, 0.1) is 22.7 Å². The molecule has 4 bridgehead atoms. The van der Waals surface area contributed by atoms with Gasteiger partial charge in [0, 0.05) is 12.1 Å². The smallest absolute Gasteiger partial charge is 0.226 e. The van der Waals surface area contributed by atoms with Crippen LogP contribution in [0.2, 0.25) is 0 Å². The van der Waals surface area contributed by atoms with E-state index in [0.29, 0.717) is 12.0 Å². The second-order valence-corrected chi connectivity index (χ2v) is 8.72. The summed E-state index contributed by atoms with van der Waals surface area (Å²) in [5, 5.41) is 3.13. The van der Waals surface area contributed by atoms with Crippen molar-refractivity contribution in [1.82, 2.24) is 5.32 Å². The van der Waals surface area contributed by atoms with Crippen molar-refractivity contribution in [2.75, 3.05) is 6.54 Å². The number of nitrogens with one attached hydrogen (secondary N) is 1. The zero-order chi connectivity index (χ0) is 13.9. The number of amides is 1. The molecule has 0 saturated heterocycles. The molecule has 4 saturated carbocycles. The van der Waals surface area contributed by atoms with Crippen LogP contribution in [-0.2, 0) is 4.79 Å². The van der Waals surface area contributed by atoms with Gasteiger partial charge in [0.05, 0.1) is 5.41 Å². The minimum absolute atomic E-state index is 0.0654. The lowest BCUT2D eigenvalue weighted by atomic mass is 9.44. The van der Waals surface area contributed by atoms with Gasteiger partial charge in [-0.2, -0.15) is 0 Å². The summed E-state index contributed by atoms with van der Waals surface area (Å²) in [6.07, 6.45) is 7.41. The highest BCUT2D eigenvalue weighted by molar-refractivity contribution is 5.83. The fourth-order valence-electron chi connectivity index (χ4n) is 5.48. The molecule has 0 aliphatic heterocycles. The minimum Gasteiger partial charge on any atom is -0.354 e. The zero-order valence-corrected chi connectivity index (χ0v) is 12.6. The molecule has 0 heterocycles. The van der Waals surface area contributed by atoms with Crippen LogP contribution in [0.4, 0.5) is 0 Å². The van der Waals surface area contributed by atoms with Gasteiger partial charge >= 0.3 is 0 Å². The average Bonchev–Trinajstić information content (AvgIpc) is 2.21. The molecule has 0 spiro atoms. The van der Waals surface area contributed by atoms with Crippen molar-refractivity contribution in [3.63, 3.8) is 0 Å². The standard InChI is InChI=1S/C16H28N2O/c1-14(2,17)10-18-13(19)16-7-11-4-12(8-16)6-15(3,5-11)9-16/h11-12H,4-10,17H2,1-3H3,(H,18,19). The Labute approximate surface area is 116 Å². The van der Waals surface area contributed by atoms with Crippen molar-refractivity contribution in [1.29, 1.82) is 0 Å². The third-order valence-electron chi connectivity index (χ3n) is 5.54. The summed E-state index contributed by atoms with van der Waals surface area (Å²) < 4.78 is 0. The summed E-state index contributed by atoms with van der Waals surface area (Å²) in [5.41, 5.74) is 6.03. The highest BCUT2D eigenvalue weighted by Gasteiger charge is 2.58. The molecule has 0 radical (unpaired) electrons. The van der Waals surface area contributed by atoms with E-state index >= 15 is 0 Å². The Balaban J connectivity index is 1.74. The van der Waals surface area contributed by atoms with Crippen LogP contribution in [0.25, 0.3) is 0 Å². The van der Waals surface area contributed by atoms with Crippen LogP contribution in [0.5, 0.6) is 0 Å². The summed E-state index contributed by atoms with van der Waals surface area (Å²) in [7, 11) is 0. The van der Waals surface area contributed by atoms with Gasteiger partial charge < -0.3 is 11.1 Å². The number of hydrogen-bond acceptors (Lipinski definition) is 2. The van der Waals surface area contributed by atoms with Crippen LogP contribution in [0.15, 0.2) is 0 Å². The monoisotopic (exact) mass is 264 g/mol. The molecule has 4 aliphatic carbocycles. The molecule has 4 rings (SSSR count). The minimum atomic E-state index is -0.318. The Morgan fingerprint density at radius 1 is 1.26 bits per heavy atom. The number of rotatable bonds is 3. The molecule has 0 aromatic rings. The van der Waals surface area contributed by atoms with Crippen molar-refractivity contribution in [3.05, 3.63) is 0 Å². The zero-order valence-electron chi connectivity index (χ0n) is 12.6. The van der Waals surface area contributed by atoms with Crippen molar-refractivity contribution in [2.45, 2.75) is 64.8 Å². The topological polar surface area (TPSA) is 55.1 Å². The Bertz CT molecular complexity index is 382. The first-order chi connectivity index (χ1) is 8.70. The molecule has 108 valence electrons.